The highest BCUT2D eigenvalue weighted by Gasteiger charge is 2.05. The third-order valence-corrected chi connectivity index (χ3v) is 3.20. The summed E-state index contributed by atoms with van der Waals surface area (Å²) in [5.74, 6) is 0. The quantitative estimate of drug-likeness (QED) is 0.725. The normalized spacial score (nSPS) is 10.1. The first-order valence-corrected chi connectivity index (χ1v) is 5.59. The number of halogens is 2. The molecular weight excluding hydrogens is 308 g/mol. The molecule has 0 aliphatic heterocycles. The molecule has 0 fully saturated rings. The van der Waals surface area contributed by atoms with E-state index in [1.165, 1.54) is 3.57 Å². The lowest BCUT2D eigenvalue weighted by atomic mass is 10.1. The first kappa shape index (κ1) is 9.93. The summed E-state index contributed by atoms with van der Waals surface area (Å²) < 4.78 is 1.18. The molecule has 0 aliphatic carbocycles. The van der Waals surface area contributed by atoms with Crippen LogP contribution >= 0.6 is 34.2 Å². The molecule has 0 bridgehead atoms. The second kappa shape index (κ2) is 4.28. The number of pyridine rings is 1. The molecule has 0 radical (unpaired) electrons. The van der Waals surface area contributed by atoms with Crippen LogP contribution in [0, 0.1) is 3.57 Å². The zero-order valence-electron chi connectivity index (χ0n) is 7.24. The first-order valence-electron chi connectivity index (χ1n) is 4.13. The highest BCUT2D eigenvalue weighted by molar-refractivity contribution is 14.1. The number of benzene rings is 1. The van der Waals surface area contributed by atoms with Gasteiger partial charge < -0.3 is 0 Å². The van der Waals surface area contributed by atoms with E-state index in [-0.39, 0.29) is 0 Å². The van der Waals surface area contributed by atoms with E-state index in [1.807, 2.05) is 18.2 Å². The summed E-state index contributed by atoms with van der Waals surface area (Å²) in [6, 6.07) is 9.92. The number of nitrogens with zero attached hydrogens (tertiary/aromatic N) is 1. The van der Waals surface area contributed by atoms with Crippen molar-refractivity contribution >= 4 is 34.2 Å². The van der Waals surface area contributed by atoms with Crippen LogP contribution in [0.25, 0.3) is 11.1 Å². The third-order valence-electron chi connectivity index (χ3n) is 1.93. The van der Waals surface area contributed by atoms with Gasteiger partial charge in [-0.05, 0) is 40.3 Å². The Kier molecular flexibility index (Phi) is 3.03. The molecule has 0 spiro atoms. The van der Waals surface area contributed by atoms with Crippen molar-refractivity contribution in [3.8, 4) is 11.1 Å². The summed E-state index contributed by atoms with van der Waals surface area (Å²) in [6.45, 7) is 0. The number of aromatic nitrogens is 1. The Balaban J connectivity index is 2.61. The molecule has 1 heterocycles. The van der Waals surface area contributed by atoms with Gasteiger partial charge in [0.15, 0.2) is 0 Å². The Morgan fingerprint density at radius 2 is 1.86 bits per heavy atom. The fourth-order valence-electron chi connectivity index (χ4n) is 1.26. The minimum Gasteiger partial charge on any atom is -0.264 e. The molecule has 0 amide bonds. The van der Waals surface area contributed by atoms with Gasteiger partial charge in [-0.1, -0.05) is 29.8 Å². The smallest absolute Gasteiger partial charge is 0.0515 e. The topological polar surface area (TPSA) is 12.9 Å². The van der Waals surface area contributed by atoms with Crippen molar-refractivity contribution in [2.75, 3.05) is 0 Å². The van der Waals surface area contributed by atoms with E-state index in [9.17, 15) is 0 Å². The lowest BCUT2D eigenvalue weighted by Crippen LogP contribution is -1.84. The van der Waals surface area contributed by atoms with Gasteiger partial charge in [0.25, 0.3) is 0 Å². The van der Waals surface area contributed by atoms with Gasteiger partial charge >= 0.3 is 0 Å². The zero-order valence-corrected chi connectivity index (χ0v) is 10.2. The maximum Gasteiger partial charge on any atom is 0.0515 e. The summed E-state index contributed by atoms with van der Waals surface area (Å²) in [6.07, 6.45) is 3.49. The highest BCUT2D eigenvalue weighted by atomic mass is 127. The van der Waals surface area contributed by atoms with Crippen LogP contribution in [0.1, 0.15) is 0 Å². The average Bonchev–Trinajstić information content (AvgIpc) is 2.20. The summed E-state index contributed by atoms with van der Waals surface area (Å²) in [7, 11) is 0. The van der Waals surface area contributed by atoms with Gasteiger partial charge in [0.2, 0.25) is 0 Å². The van der Waals surface area contributed by atoms with Crippen LogP contribution in [0.3, 0.4) is 0 Å². The summed E-state index contributed by atoms with van der Waals surface area (Å²) in [4.78, 5) is 4.08. The number of hydrogen-bond donors (Lipinski definition) is 0. The molecule has 0 saturated heterocycles. The number of hydrogen-bond acceptors (Lipinski definition) is 1. The van der Waals surface area contributed by atoms with E-state index < -0.39 is 0 Å². The van der Waals surface area contributed by atoms with Crippen LogP contribution in [0.4, 0.5) is 0 Å². The molecule has 0 saturated carbocycles. The molecule has 1 aromatic carbocycles. The summed E-state index contributed by atoms with van der Waals surface area (Å²) in [5, 5.41) is 0.740. The number of rotatable bonds is 1. The minimum absolute atomic E-state index is 0.740. The molecule has 70 valence electrons. The Morgan fingerprint density at radius 3 is 2.57 bits per heavy atom. The van der Waals surface area contributed by atoms with Gasteiger partial charge in [-0.15, -0.1) is 0 Å². The molecular formula is C11H7ClIN. The Labute approximate surface area is 101 Å². The van der Waals surface area contributed by atoms with Crippen molar-refractivity contribution in [1.82, 2.24) is 4.98 Å². The van der Waals surface area contributed by atoms with Gasteiger partial charge in [0.05, 0.1) is 5.02 Å². The monoisotopic (exact) mass is 315 g/mol. The van der Waals surface area contributed by atoms with Crippen molar-refractivity contribution in [2.24, 2.45) is 0 Å². The van der Waals surface area contributed by atoms with Gasteiger partial charge in [-0.2, -0.15) is 0 Å². The molecule has 2 rings (SSSR count). The van der Waals surface area contributed by atoms with E-state index in [2.05, 4.69) is 33.6 Å². The third kappa shape index (κ3) is 1.91. The zero-order chi connectivity index (χ0) is 9.97. The molecule has 14 heavy (non-hydrogen) atoms. The molecule has 0 aliphatic rings. The van der Waals surface area contributed by atoms with Crippen molar-refractivity contribution in [3.63, 3.8) is 0 Å². The Bertz CT molecular complexity index is 413. The molecule has 1 aromatic heterocycles. The molecule has 3 heteroatoms. The van der Waals surface area contributed by atoms with E-state index in [1.54, 1.807) is 18.5 Å². The maximum absolute atomic E-state index is 6.09. The van der Waals surface area contributed by atoms with Gasteiger partial charge in [-0.3, -0.25) is 4.98 Å². The van der Waals surface area contributed by atoms with E-state index in [0.29, 0.717) is 0 Å². The Morgan fingerprint density at radius 1 is 1.07 bits per heavy atom. The van der Waals surface area contributed by atoms with Crippen LogP contribution in [0.5, 0.6) is 0 Å². The van der Waals surface area contributed by atoms with Crippen LogP contribution in [0.2, 0.25) is 5.02 Å². The second-order valence-electron chi connectivity index (χ2n) is 2.84. The Hall–Kier alpha value is -0.610. The van der Waals surface area contributed by atoms with Gasteiger partial charge in [0, 0.05) is 21.5 Å². The average molecular weight is 316 g/mol. The first-order chi connectivity index (χ1) is 6.79. The molecule has 0 atom stereocenters. The highest BCUT2D eigenvalue weighted by Crippen LogP contribution is 2.29. The van der Waals surface area contributed by atoms with Crippen LogP contribution < -0.4 is 0 Å². The van der Waals surface area contributed by atoms with Crippen molar-refractivity contribution < 1.29 is 0 Å². The standard InChI is InChI=1S/C11H7ClIN/c12-10-5-6-14-7-9(10)8-3-1-2-4-11(8)13/h1-7H. The van der Waals surface area contributed by atoms with Crippen molar-refractivity contribution in [1.29, 1.82) is 0 Å². The maximum atomic E-state index is 6.09. The largest absolute Gasteiger partial charge is 0.264 e. The predicted molar refractivity (Wildman–Crippen MR) is 67.4 cm³/mol. The molecule has 2 aromatic rings. The predicted octanol–water partition coefficient (Wildman–Crippen LogP) is 4.01. The van der Waals surface area contributed by atoms with Crippen LogP contribution in [-0.2, 0) is 0 Å². The summed E-state index contributed by atoms with van der Waals surface area (Å²) in [5.41, 5.74) is 2.12. The minimum atomic E-state index is 0.740. The summed E-state index contributed by atoms with van der Waals surface area (Å²) >= 11 is 8.38. The van der Waals surface area contributed by atoms with Gasteiger partial charge in [0.1, 0.15) is 0 Å². The lowest BCUT2D eigenvalue weighted by molar-refractivity contribution is 1.33. The molecule has 0 N–H and O–H groups in total. The van der Waals surface area contributed by atoms with E-state index in [0.717, 1.165) is 16.1 Å². The van der Waals surface area contributed by atoms with Crippen molar-refractivity contribution in [2.45, 2.75) is 0 Å². The van der Waals surface area contributed by atoms with E-state index >= 15 is 0 Å². The van der Waals surface area contributed by atoms with Crippen LogP contribution in [-0.4, -0.2) is 4.98 Å². The second-order valence-corrected chi connectivity index (χ2v) is 4.40. The fraction of sp³-hybridized carbons (Fsp3) is 0. The van der Waals surface area contributed by atoms with E-state index in [4.69, 9.17) is 11.6 Å². The van der Waals surface area contributed by atoms with Gasteiger partial charge in [-0.25, -0.2) is 0 Å². The van der Waals surface area contributed by atoms with Crippen molar-refractivity contribution in [3.05, 3.63) is 51.3 Å². The molecule has 0 unspecified atom stereocenters. The van der Waals surface area contributed by atoms with Crippen LogP contribution in [0.15, 0.2) is 42.7 Å². The lowest BCUT2D eigenvalue weighted by Gasteiger charge is -2.05. The fourth-order valence-corrected chi connectivity index (χ4v) is 2.14. The SMILES string of the molecule is Clc1ccncc1-c1ccccc1I. The molecule has 1 nitrogen and oxygen atoms in total.